The van der Waals surface area contributed by atoms with E-state index in [1.54, 1.807) is 0 Å². The Labute approximate surface area is 213 Å². The van der Waals surface area contributed by atoms with Gasteiger partial charge in [0.1, 0.15) is 21.3 Å². The maximum Gasteiger partial charge on any atom is 0.267 e. The van der Waals surface area contributed by atoms with Gasteiger partial charge in [-0.25, -0.2) is 17.8 Å². The number of aromatic nitrogens is 1. The largest absolute Gasteiger partial charge is 0.370 e. The standard InChI is InChI=1S/C23H26Cl2F2N4O3S/c1-22(2)7-8-30(11-22)16-6-9-34-23(16)12-31(13-23)15-10-14(24)21(20(27)19(15)25)35(32,33)29-18-5-3-4-17(26)28-18/h3-5,10,16H,6-9,11-13H2,1-2H3,(H,28,29)/t16-/m0/s1. The normalized spacial score (nSPS) is 23.6. The Morgan fingerprint density at radius 1 is 1.20 bits per heavy atom. The van der Waals surface area contributed by atoms with Crippen LogP contribution in [-0.2, 0) is 14.8 Å². The molecular weight excluding hydrogens is 521 g/mol. The highest BCUT2D eigenvalue weighted by atomic mass is 35.5. The number of rotatable bonds is 5. The SMILES string of the molecule is CC1(C)CCN([C@H]2CCOC23CN(c2cc(Cl)c(S(=O)(=O)Nc4cccc(F)n4)c(F)c2Cl)C3)C1. The second-order valence-electron chi connectivity index (χ2n) is 10.2. The number of hydrogen-bond acceptors (Lipinski definition) is 6. The van der Waals surface area contributed by atoms with Gasteiger partial charge in [0.25, 0.3) is 10.0 Å². The molecule has 3 fully saturated rings. The van der Waals surface area contributed by atoms with E-state index in [1.807, 2.05) is 9.62 Å². The van der Waals surface area contributed by atoms with Gasteiger partial charge in [0.05, 0.1) is 23.8 Å². The van der Waals surface area contributed by atoms with E-state index in [0.717, 1.165) is 32.0 Å². The zero-order valence-electron chi connectivity index (χ0n) is 19.3. The maximum absolute atomic E-state index is 15.3. The van der Waals surface area contributed by atoms with Gasteiger partial charge in [-0.05, 0) is 43.0 Å². The monoisotopic (exact) mass is 546 g/mol. The van der Waals surface area contributed by atoms with E-state index in [9.17, 15) is 12.8 Å². The van der Waals surface area contributed by atoms with Gasteiger partial charge >= 0.3 is 0 Å². The van der Waals surface area contributed by atoms with Gasteiger partial charge in [-0.3, -0.25) is 9.62 Å². The molecule has 2 aromatic rings. The lowest BCUT2D eigenvalue weighted by Crippen LogP contribution is -2.69. The molecule has 4 heterocycles. The van der Waals surface area contributed by atoms with E-state index >= 15 is 4.39 Å². The van der Waals surface area contributed by atoms with Crippen molar-refractivity contribution < 1.29 is 21.9 Å². The lowest BCUT2D eigenvalue weighted by atomic mass is 9.84. The molecule has 3 aliphatic heterocycles. The molecule has 1 spiro atoms. The number of nitrogens with zero attached hydrogens (tertiary/aromatic N) is 3. The molecule has 0 radical (unpaired) electrons. The molecule has 3 saturated heterocycles. The molecule has 1 atom stereocenters. The number of ether oxygens (including phenoxy) is 1. The molecule has 1 aromatic heterocycles. The molecule has 0 aliphatic carbocycles. The summed E-state index contributed by atoms with van der Waals surface area (Å²) in [5.74, 6) is -2.37. The predicted molar refractivity (Wildman–Crippen MR) is 131 cm³/mol. The van der Waals surface area contributed by atoms with Crippen molar-refractivity contribution in [2.75, 3.05) is 42.4 Å². The summed E-state index contributed by atoms with van der Waals surface area (Å²) >= 11 is 12.6. The van der Waals surface area contributed by atoms with Crippen LogP contribution in [0.5, 0.6) is 0 Å². The van der Waals surface area contributed by atoms with Gasteiger partial charge in [0.15, 0.2) is 5.82 Å². The highest BCUT2D eigenvalue weighted by Gasteiger charge is 2.56. The first-order valence-electron chi connectivity index (χ1n) is 11.4. The Morgan fingerprint density at radius 2 is 1.94 bits per heavy atom. The summed E-state index contributed by atoms with van der Waals surface area (Å²) in [6.07, 6.45) is 2.06. The minimum atomic E-state index is -4.52. The molecule has 3 aliphatic rings. The van der Waals surface area contributed by atoms with Crippen LogP contribution in [0.1, 0.15) is 26.7 Å². The minimum absolute atomic E-state index is 0.266. The van der Waals surface area contributed by atoms with Crippen molar-refractivity contribution in [2.45, 2.75) is 43.2 Å². The van der Waals surface area contributed by atoms with Gasteiger partial charge in [0, 0.05) is 19.2 Å². The van der Waals surface area contributed by atoms with Crippen molar-refractivity contribution in [3.05, 3.63) is 46.1 Å². The Kier molecular flexibility index (Phi) is 6.20. The molecule has 5 rings (SSSR count). The van der Waals surface area contributed by atoms with E-state index in [0.29, 0.717) is 25.4 Å². The van der Waals surface area contributed by atoms with Crippen LogP contribution in [0, 0.1) is 17.2 Å². The van der Waals surface area contributed by atoms with Crippen molar-refractivity contribution >= 4 is 44.7 Å². The first-order chi connectivity index (χ1) is 16.4. The van der Waals surface area contributed by atoms with Crippen LogP contribution in [0.2, 0.25) is 10.0 Å². The number of nitrogens with one attached hydrogen (secondary N) is 1. The fraction of sp³-hybridized carbons (Fsp3) is 0.522. The summed E-state index contributed by atoms with van der Waals surface area (Å²) in [6.45, 7) is 8.22. The summed E-state index contributed by atoms with van der Waals surface area (Å²) in [4.78, 5) is 6.97. The third-order valence-corrected chi connectivity index (χ3v) is 9.30. The number of benzene rings is 1. The van der Waals surface area contributed by atoms with Crippen molar-refractivity contribution in [3.63, 3.8) is 0 Å². The van der Waals surface area contributed by atoms with Crippen LogP contribution in [0.15, 0.2) is 29.2 Å². The summed E-state index contributed by atoms with van der Waals surface area (Å²) in [7, 11) is -4.52. The van der Waals surface area contributed by atoms with Gasteiger partial charge in [0.2, 0.25) is 5.95 Å². The highest BCUT2D eigenvalue weighted by Crippen LogP contribution is 2.46. The first-order valence-corrected chi connectivity index (χ1v) is 13.6. The van der Waals surface area contributed by atoms with E-state index in [1.165, 1.54) is 18.2 Å². The zero-order chi connectivity index (χ0) is 25.2. The fourth-order valence-corrected chi connectivity index (χ4v) is 7.40. The van der Waals surface area contributed by atoms with Gasteiger partial charge < -0.3 is 9.64 Å². The number of pyridine rings is 1. The lowest BCUT2D eigenvalue weighted by molar-refractivity contribution is -0.0566. The highest BCUT2D eigenvalue weighted by molar-refractivity contribution is 7.92. The second-order valence-corrected chi connectivity index (χ2v) is 12.6. The third-order valence-electron chi connectivity index (χ3n) is 7.11. The Balaban J connectivity index is 1.37. The first kappa shape index (κ1) is 25.0. The Bertz CT molecular complexity index is 1270. The average molecular weight is 547 g/mol. The molecule has 7 nitrogen and oxygen atoms in total. The number of halogens is 4. The van der Waals surface area contributed by atoms with Crippen LogP contribution < -0.4 is 9.62 Å². The van der Waals surface area contributed by atoms with E-state index in [-0.39, 0.29) is 32.9 Å². The lowest BCUT2D eigenvalue weighted by Gasteiger charge is -2.53. The molecular formula is C23H26Cl2F2N4O3S. The van der Waals surface area contributed by atoms with Gasteiger partial charge in [-0.15, -0.1) is 0 Å². The topological polar surface area (TPSA) is 74.8 Å². The average Bonchev–Trinajstić information content (AvgIpc) is 3.32. The molecule has 12 heteroatoms. The minimum Gasteiger partial charge on any atom is -0.370 e. The van der Waals surface area contributed by atoms with E-state index < -0.39 is 26.7 Å². The molecule has 0 amide bonds. The number of likely N-dealkylation sites (tertiary alicyclic amines) is 1. The molecule has 0 bridgehead atoms. The molecule has 0 saturated carbocycles. The maximum atomic E-state index is 15.3. The molecule has 1 N–H and O–H groups in total. The zero-order valence-corrected chi connectivity index (χ0v) is 21.7. The number of hydrogen-bond donors (Lipinski definition) is 1. The predicted octanol–water partition coefficient (Wildman–Crippen LogP) is 4.55. The van der Waals surface area contributed by atoms with Crippen molar-refractivity contribution in [1.29, 1.82) is 0 Å². The Morgan fingerprint density at radius 3 is 2.60 bits per heavy atom. The van der Waals surface area contributed by atoms with Crippen molar-refractivity contribution in [3.8, 4) is 0 Å². The number of sulfonamides is 1. The molecule has 1 aromatic carbocycles. The van der Waals surface area contributed by atoms with Crippen molar-refractivity contribution in [2.24, 2.45) is 5.41 Å². The van der Waals surface area contributed by atoms with E-state index in [4.69, 9.17) is 27.9 Å². The quantitative estimate of drug-likeness (QED) is 0.438. The van der Waals surface area contributed by atoms with Crippen LogP contribution >= 0.6 is 23.2 Å². The second kappa shape index (κ2) is 8.69. The van der Waals surface area contributed by atoms with Crippen molar-refractivity contribution in [1.82, 2.24) is 9.88 Å². The summed E-state index contributed by atoms with van der Waals surface area (Å²) < 4.78 is 62.5. The van der Waals surface area contributed by atoms with Crippen LogP contribution in [0.4, 0.5) is 20.3 Å². The summed E-state index contributed by atoms with van der Waals surface area (Å²) in [5, 5.41) is -0.689. The van der Waals surface area contributed by atoms with Gasteiger partial charge in [-0.2, -0.15) is 4.39 Å². The van der Waals surface area contributed by atoms with E-state index in [2.05, 4.69) is 23.7 Å². The summed E-state index contributed by atoms with van der Waals surface area (Å²) in [5.41, 5.74) is 0.199. The van der Waals surface area contributed by atoms with Crippen LogP contribution in [0.3, 0.4) is 0 Å². The van der Waals surface area contributed by atoms with Crippen LogP contribution in [0.25, 0.3) is 0 Å². The molecule has 0 unspecified atom stereocenters. The molecule has 190 valence electrons. The van der Waals surface area contributed by atoms with Crippen LogP contribution in [-0.4, -0.2) is 62.7 Å². The smallest absolute Gasteiger partial charge is 0.267 e. The Hall–Kier alpha value is -1.72. The third kappa shape index (κ3) is 4.48. The number of anilines is 2. The summed E-state index contributed by atoms with van der Waals surface area (Å²) in [6, 6.07) is 5.18. The van der Waals surface area contributed by atoms with Gasteiger partial charge in [-0.1, -0.05) is 43.1 Å². The molecule has 35 heavy (non-hydrogen) atoms. The fourth-order valence-electron chi connectivity index (χ4n) is 5.44.